The predicted octanol–water partition coefficient (Wildman–Crippen LogP) is 3.42. The zero-order valence-corrected chi connectivity index (χ0v) is 17.7. The number of benzene rings is 1. The van der Waals surface area contributed by atoms with Crippen LogP contribution < -0.4 is 24.8 Å². The van der Waals surface area contributed by atoms with Crippen molar-refractivity contribution in [3.63, 3.8) is 0 Å². The van der Waals surface area contributed by atoms with E-state index in [9.17, 15) is 0 Å². The number of nitrogens with one attached hydrogen (secondary N) is 2. The average molecular weight is 392 g/mol. The van der Waals surface area contributed by atoms with Crippen LogP contribution in [0.15, 0.2) is 34.6 Å². The number of nitrogens with zero attached hydrogens (tertiary/aromatic N) is 1. The van der Waals surface area contributed by atoms with Gasteiger partial charge >= 0.3 is 0 Å². The molecule has 1 aromatic carbocycles. The molecule has 0 fully saturated rings. The third-order valence-electron chi connectivity index (χ3n) is 4.34. The minimum absolute atomic E-state index is 0.0206. The fourth-order valence-corrected chi connectivity index (χ4v) is 3.54. The topological polar surface area (TPSA) is 64.1 Å². The highest BCUT2D eigenvalue weighted by molar-refractivity contribution is 7.10. The summed E-state index contributed by atoms with van der Waals surface area (Å²) in [7, 11) is 6.63. The Bertz CT molecular complexity index is 758. The summed E-state index contributed by atoms with van der Waals surface area (Å²) in [5, 5.41) is 8.84. The van der Waals surface area contributed by atoms with E-state index in [-0.39, 0.29) is 5.41 Å². The van der Waals surface area contributed by atoms with Crippen LogP contribution >= 0.6 is 11.3 Å². The van der Waals surface area contributed by atoms with Gasteiger partial charge in [-0.3, -0.25) is 4.99 Å². The molecule has 1 heterocycles. The van der Waals surface area contributed by atoms with Gasteiger partial charge in [-0.05, 0) is 17.5 Å². The molecule has 148 valence electrons. The highest BCUT2D eigenvalue weighted by Gasteiger charge is 2.22. The van der Waals surface area contributed by atoms with Gasteiger partial charge in [-0.2, -0.15) is 0 Å². The largest absolute Gasteiger partial charge is 0.496 e. The number of ether oxygens (including phenoxy) is 3. The van der Waals surface area contributed by atoms with Gasteiger partial charge in [-0.25, -0.2) is 0 Å². The maximum Gasteiger partial charge on any atom is 0.191 e. The molecule has 2 aromatic rings. The van der Waals surface area contributed by atoms with Crippen LogP contribution in [0, 0.1) is 0 Å². The predicted molar refractivity (Wildman–Crippen MR) is 112 cm³/mol. The van der Waals surface area contributed by atoms with E-state index in [4.69, 9.17) is 14.2 Å². The molecule has 0 saturated carbocycles. The van der Waals surface area contributed by atoms with Gasteiger partial charge in [0, 0.05) is 42.1 Å². The smallest absolute Gasteiger partial charge is 0.191 e. The van der Waals surface area contributed by atoms with Crippen molar-refractivity contribution < 1.29 is 14.2 Å². The zero-order valence-electron chi connectivity index (χ0n) is 16.9. The Balaban J connectivity index is 2.03. The van der Waals surface area contributed by atoms with Crippen LogP contribution in [0.4, 0.5) is 0 Å². The average Bonchev–Trinajstić information content (AvgIpc) is 3.23. The quantitative estimate of drug-likeness (QED) is 0.533. The first kappa shape index (κ1) is 20.9. The monoisotopic (exact) mass is 391 g/mol. The fraction of sp³-hybridized carbons (Fsp3) is 0.450. The summed E-state index contributed by atoms with van der Waals surface area (Å²) in [5.74, 6) is 2.76. The molecule has 0 aliphatic rings. The number of rotatable bonds is 8. The molecule has 0 bridgehead atoms. The van der Waals surface area contributed by atoms with Crippen molar-refractivity contribution in [1.29, 1.82) is 0 Å². The van der Waals surface area contributed by atoms with Crippen LogP contribution in [-0.2, 0) is 12.0 Å². The van der Waals surface area contributed by atoms with Crippen molar-refractivity contribution in [3.05, 3.63) is 40.1 Å². The van der Waals surface area contributed by atoms with E-state index in [1.165, 1.54) is 4.88 Å². The molecule has 0 saturated heterocycles. The van der Waals surface area contributed by atoms with Crippen molar-refractivity contribution in [2.24, 2.45) is 4.99 Å². The molecule has 0 aliphatic carbocycles. The maximum absolute atomic E-state index is 5.48. The summed E-state index contributed by atoms with van der Waals surface area (Å²) in [4.78, 5) is 5.66. The molecule has 7 heteroatoms. The molecule has 6 nitrogen and oxygen atoms in total. The van der Waals surface area contributed by atoms with E-state index in [0.29, 0.717) is 18.0 Å². The number of hydrogen-bond acceptors (Lipinski definition) is 5. The number of hydrogen-bond donors (Lipinski definition) is 2. The molecular formula is C20H29N3O3S. The molecule has 2 N–H and O–H groups in total. The summed E-state index contributed by atoms with van der Waals surface area (Å²) in [6.45, 7) is 5.76. The summed E-state index contributed by atoms with van der Waals surface area (Å²) in [6, 6.07) is 7.98. The Morgan fingerprint density at radius 2 is 1.70 bits per heavy atom. The Hall–Kier alpha value is -2.41. The van der Waals surface area contributed by atoms with Crippen LogP contribution in [-0.4, -0.2) is 40.9 Å². The summed E-state index contributed by atoms with van der Waals surface area (Å²) < 4.78 is 16.2. The van der Waals surface area contributed by atoms with E-state index in [1.807, 2.05) is 12.1 Å². The molecule has 0 atom stereocenters. The molecule has 2 rings (SSSR count). The lowest BCUT2D eigenvalue weighted by atomic mass is 9.91. The van der Waals surface area contributed by atoms with Gasteiger partial charge in [0.05, 0.1) is 21.3 Å². The standard InChI is InChI=1S/C20H29N3O3S/c1-20(2,18-8-7-9-27-18)13-23-19(21-3)22-12-14-10-16(25-5)17(26-6)11-15(14)24-4/h7-11H,12-13H2,1-6H3,(H2,21,22,23). The van der Waals surface area contributed by atoms with Gasteiger partial charge in [0.1, 0.15) is 5.75 Å². The molecule has 0 amide bonds. The molecule has 0 unspecified atom stereocenters. The van der Waals surface area contributed by atoms with Crippen molar-refractivity contribution in [2.45, 2.75) is 25.8 Å². The number of thiophene rings is 1. The van der Waals surface area contributed by atoms with Crippen molar-refractivity contribution in [3.8, 4) is 17.2 Å². The van der Waals surface area contributed by atoms with Crippen molar-refractivity contribution >= 4 is 17.3 Å². The Morgan fingerprint density at radius 3 is 2.26 bits per heavy atom. The van der Waals surface area contributed by atoms with Crippen LogP contribution in [0.3, 0.4) is 0 Å². The fourth-order valence-electron chi connectivity index (χ4n) is 2.69. The van der Waals surface area contributed by atoms with E-state index in [0.717, 1.165) is 23.8 Å². The van der Waals surface area contributed by atoms with E-state index in [1.54, 1.807) is 39.7 Å². The molecule has 0 spiro atoms. The molecule has 0 aliphatic heterocycles. The SMILES string of the molecule is CN=C(NCc1cc(OC)c(OC)cc1OC)NCC(C)(C)c1cccs1. The normalized spacial score (nSPS) is 11.9. The van der Waals surface area contributed by atoms with Crippen LogP contribution in [0.1, 0.15) is 24.3 Å². The second kappa shape index (κ2) is 9.50. The summed E-state index contributed by atoms with van der Waals surface area (Å²) >= 11 is 1.77. The minimum Gasteiger partial charge on any atom is -0.496 e. The summed E-state index contributed by atoms with van der Waals surface area (Å²) in [5.41, 5.74) is 0.975. The Kier molecular flexibility index (Phi) is 7.36. The first-order chi connectivity index (χ1) is 12.9. The zero-order chi connectivity index (χ0) is 19.9. The number of guanidine groups is 1. The van der Waals surface area contributed by atoms with Crippen LogP contribution in [0.25, 0.3) is 0 Å². The maximum atomic E-state index is 5.48. The lowest BCUT2D eigenvalue weighted by Gasteiger charge is -2.25. The first-order valence-corrected chi connectivity index (χ1v) is 9.60. The van der Waals surface area contributed by atoms with E-state index < -0.39 is 0 Å². The van der Waals surface area contributed by atoms with Gasteiger partial charge in [0.25, 0.3) is 0 Å². The number of methoxy groups -OCH3 is 3. The lowest BCUT2D eigenvalue weighted by molar-refractivity contribution is 0.347. The summed E-state index contributed by atoms with van der Waals surface area (Å²) in [6.07, 6.45) is 0. The highest BCUT2D eigenvalue weighted by Crippen LogP contribution is 2.34. The van der Waals surface area contributed by atoms with Gasteiger partial charge in [-0.1, -0.05) is 19.9 Å². The van der Waals surface area contributed by atoms with Crippen molar-refractivity contribution in [1.82, 2.24) is 10.6 Å². The van der Waals surface area contributed by atoms with Gasteiger partial charge in [0.2, 0.25) is 0 Å². The van der Waals surface area contributed by atoms with Gasteiger partial charge in [-0.15, -0.1) is 11.3 Å². The van der Waals surface area contributed by atoms with Crippen LogP contribution in [0.2, 0.25) is 0 Å². The minimum atomic E-state index is 0.0206. The first-order valence-electron chi connectivity index (χ1n) is 8.72. The Labute approximate surface area is 165 Å². The van der Waals surface area contributed by atoms with Gasteiger partial charge < -0.3 is 24.8 Å². The van der Waals surface area contributed by atoms with E-state index in [2.05, 4.69) is 47.0 Å². The molecule has 27 heavy (non-hydrogen) atoms. The second-order valence-corrected chi connectivity index (χ2v) is 7.61. The number of aliphatic imine (C=N–C) groups is 1. The molecular weight excluding hydrogens is 362 g/mol. The highest BCUT2D eigenvalue weighted by atomic mass is 32.1. The van der Waals surface area contributed by atoms with Crippen LogP contribution in [0.5, 0.6) is 17.2 Å². The van der Waals surface area contributed by atoms with Gasteiger partial charge in [0.15, 0.2) is 17.5 Å². The molecule has 1 aromatic heterocycles. The second-order valence-electron chi connectivity index (χ2n) is 6.66. The van der Waals surface area contributed by atoms with Crippen molar-refractivity contribution in [2.75, 3.05) is 34.9 Å². The third kappa shape index (κ3) is 5.29. The Morgan fingerprint density at radius 1 is 1.04 bits per heavy atom. The van der Waals surface area contributed by atoms with E-state index >= 15 is 0 Å². The lowest BCUT2D eigenvalue weighted by Crippen LogP contribution is -2.43. The third-order valence-corrected chi connectivity index (χ3v) is 5.58. The molecule has 0 radical (unpaired) electrons.